The molecule has 10 heteroatoms. The van der Waals surface area contributed by atoms with Crippen LogP contribution in [-0.4, -0.2) is 19.1 Å². The maximum atomic E-state index is 14.9. The molecule has 13 rings (SSSR count). The number of para-hydroxylation sites is 1. The number of nitrogens with zero attached hydrogens (tertiary/aromatic N) is 4. The minimum Gasteiger partial charge on any atom is -0.309 e. The maximum Gasteiger partial charge on any atom is 0.417 e. The van der Waals surface area contributed by atoms with Gasteiger partial charge in [-0.2, -0.15) is 26.3 Å². The summed E-state index contributed by atoms with van der Waals surface area (Å²) in [6, 6.07) is 68.2. The van der Waals surface area contributed by atoms with Gasteiger partial charge in [-0.05, 0) is 124 Å². The van der Waals surface area contributed by atoms with Crippen molar-refractivity contribution in [1.82, 2.24) is 19.1 Å². The molecule has 0 saturated carbocycles. The maximum absolute atomic E-state index is 14.9. The van der Waals surface area contributed by atoms with Crippen LogP contribution in [0.1, 0.15) is 11.1 Å². The van der Waals surface area contributed by atoms with E-state index in [4.69, 9.17) is 9.97 Å². The summed E-state index contributed by atoms with van der Waals surface area (Å²) < 4.78 is 91.7. The van der Waals surface area contributed by atoms with Crippen LogP contribution >= 0.6 is 0 Å². The smallest absolute Gasteiger partial charge is 0.309 e. The van der Waals surface area contributed by atoms with Crippen LogP contribution in [0.2, 0.25) is 0 Å². The molecule has 10 aromatic carbocycles. The van der Waals surface area contributed by atoms with Crippen LogP contribution in [0.3, 0.4) is 0 Å². The van der Waals surface area contributed by atoms with Crippen LogP contribution in [0.4, 0.5) is 26.3 Å². The molecule has 3 heterocycles. The molecule has 346 valence electrons. The number of fused-ring (bicyclic) bond motifs is 9. The van der Waals surface area contributed by atoms with Gasteiger partial charge in [0.05, 0.1) is 38.7 Å². The third kappa shape index (κ3) is 7.08. The summed E-state index contributed by atoms with van der Waals surface area (Å²) in [7, 11) is 0. The molecule has 0 fully saturated rings. The first-order valence-electron chi connectivity index (χ1n) is 23.3. The molecular formula is C62H36F6N4. The second kappa shape index (κ2) is 16.3. The Morgan fingerprint density at radius 2 is 0.806 bits per heavy atom. The highest BCUT2D eigenvalue weighted by molar-refractivity contribution is 6.15. The third-order valence-electron chi connectivity index (χ3n) is 13.8. The Balaban J connectivity index is 1.08. The minimum absolute atomic E-state index is 0.218. The summed E-state index contributed by atoms with van der Waals surface area (Å²) in [4.78, 5) is 9.59. The highest BCUT2D eigenvalue weighted by Crippen LogP contribution is 2.44. The van der Waals surface area contributed by atoms with Gasteiger partial charge < -0.3 is 4.57 Å². The van der Waals surface area contributed by atoms with Gasteiger partial charge in [0.2, 0.25) is 0 Å². The second-order valence-corrected chi connectivity index (χ2v) is 18.0. The minimum atomic E-state index is -5.02. The van der Waals surface area contributed by atoms with Gasteiger partial charge in [-0.15, -0.1) is 0 Å². The van der Waals surface area contributed by atoms with Crippen LogP contribution in [0.5, 0.6) is 0 Å². The van der Waals surface area contributed by atoms with E-state index >= 15 is 0 Å². The lowest BCUT2D eigenvalue weighted by Crippen LogP contribution is -2.12. The summed E-state index contributed by atoms with van der Waals surface area (Å²) in [5, 5.41) is 5.70. The van der Waals surface area contributed by atoms with Crippen molar-refractivity contribution in [3.05, 3.63) is 230 Å². The monoisotopic (exact) mass is 950 g/mol. The average Bonchev–Trinajstić information content (AvgIpc) is 3.92. The topological polar surface area (TPSA) is 35.6 Å². The molecule has 0 bridgehead atoms. The predicted molar refractivity (Wildman–Crippen MR) is 277 cm³/mol. The Hall–Kier alpha value is -9.02. The molecule has 0 atom stereocenters. The van der Waals surface area contributed by atoms with E-state index in [2.05, 4.69) is 77.4 Å². The number of aromatic nitrogens is 4. The van der Waals surface area contributed by atoms with Gasteiger partial charge in [-0.3, -0.25) is 4.57 Å². The van der Waals surface area contributed by atoms with Crippen LogP contribution in [0, 0.1) is 0 Å². The highest BCUT2D eigenvalue weighted by Gasteiger charge is 2.38. The fourth-order valence-electron chi connectivity index (χ4n) is 10.4. The van der Waals surface area contributed by atoms with Crippen LogP contribution in [0.25, 0.3) is 122 Å². The van der Waals surface area contributed by atoms with Gasteiger partial charge in [0.1, 0.15) is 5.82 Å². The zero-order valence-electron chi connectivity index (χ0n) is 37.8. The first-order valence-corrected chi connectivity index (χ1v) is 23.3. The number of hydrogen-bond acceptors (Lipinski definition) is 2. The van der Waals surface area contributed by atoms with Gasteiger partial charge >= 0.3 is 12.4 Å². The SMILES string of the molecule is FC(F)(F)c1ccc(C(F)(F)F)c(-c2nc(-n3c4ccc(-c5ccccc5)cc4c4cc(-c5ccc6c(c5)c5cc(-c7ccccc7)ccc5n6-c5ccccc5)ccc43)c3ccc4ccccc4c3n2)c1. The molecule has 0 unspecified atom stereocenters. The number of halogens is 6. The highest BCUT2D eigenvalue weighted by atomic mass is 19.4. The summed E-state index contributed by atoms with van der Waals surface area (Å²) >= 11 is 0. The molecular weight excluding hydrogens is 915 g/mol. The van der Waals surface area contributed by atoms with E-state index in [1.54, 1.807) is 12.1 Å². The molecule has 0 aliphatic rings. The quantitative estimate of drug-likeness (QED) is 0.123. The van der Waals surface area contributed by atoms with Crippen molar-refractivity contribution in [2.45, 2.75) is 12.4 Å². The van der Waals surface area contributed by atoms with Crippen LogP contribution in [-0.2, 0) is 12.4 Å². The van der Waals surface area contributed by atoms with Gasteiger partial charge in [0.15, 0.2) is 5.82 Å². The van der Waals surface area contributed by atoms with Gasteiger partial charge in [0.25, 0.3) is 0 Å². The van der Waals surface area contributed by atoms with E-state index < -0.39 is 34.9 Å². The zero-order chi connectivity index (χ0) is 48.9. The molecule has 0 N–H and O–H groups in total. The summed E-state index contributed by atoms with van der Waals surface area (Å²) in [6.45, 7) is 0. The Kier molecular flexibility index (Phi) is 9.73. The fourth-order valence-corrected chi connectivity index (χ4v) is 10.4. The van der Waals surface area contributed by atoms with E-state index in [1.165, 1.54) is 0 Å². The lowest BCUT2D eigenvalue weighted by Gasteiger charge is -2.18. The standard InChI is InChI=1S/C62H36F6N4/c63-61(64,65)44-25-27-53(62(66,67)68)52(36-44)59-69-58-46-19-11-10-16-39(46)20-26-47(58)60(70-59)72-56-30-22-41(38-14-6-2-7-15-38)33-50(56)51-35-43(24-31-57(51)72)42-23-29-55-49(34-42)48-32-40(37-12-4-1-5-13-37)21-28-54(48)71(55)45-17-8-3-9-18-45/h1-36H. The van der Waals surface area contributed by atoms with Crippen LogP contribution in [0.15, 0.2) is 218 Å². The van der Waals surface area contributed by atoms with Gasteiger partial charge in [-0.25, -0.2) is 9.97 Å². The molecule has 3 aromatic heterocycles. The lowest BCUT2D eigenvalue weighted by molar-refractivity contribution is -0.141. The largest absolute Gasteiger partial charge is 0.417 e. The molecule has 0 amide bonds. The van der Waals surface area contributed by atoms with Crippen molar-refractivity contribution in [3.63, 3.8) is 0 Å². The van der Waals surface area contributed by atoms with E-state index in [0.29, 0.717) is 45.5 Å². The van der Waals surface area contributed by atoms with Crippen molar-refractivity contribution in [3.8, 4) is 56.3 Å². The zero-order valence-corrected chi connectivity index (χ0v) is 37.8. The molecule has 0 aliphatic heterocycles. The van der Waals surface area contributed by atoms with E-state index in [1.807, 2.05) is 120 Å². The van der Waals surface area contributed by atoms with E-state index in [0.717, 1.165) is 77.0 Å². The Bertz CT molecular complexity index is 4290. The number of hydrogen-bond donors (Lipinski definition) is 0. The Labute approximate surface area is 407 Å². The van der Waals surface area contributed by atoms with Crippen LogP contribution < -0.4 is 0 Å². The number of benzene rings is 10. The van der Waals surface area contributed by atoms with Gasteiger partial charge in [-0.1, -0.05) is 133 Å². The summed E-state index contributed by atoms with van der Waals surface area (Å²) in [6.07, 6.45) is -9.95. The Morgan fingerprint density at radius 3 is 1.32 bits per heavy atom. The molecule has 72 heavy (non-hydrogen) atoms. The van der Waals surface area contributed by atoms with Gasteiger partial charge in [0, 0.05) is 43.6 Å². The molecule has 0 radical (unpaired) electrons. The summed E-state index contributed by atoms with van der Waals surface area (Å²) in [5.41, 5.74) is 7.55. The number of rotatable bonds is 6. The van der Waals surface area contributed by atoms with E-state index in [9.17, 15) is 26.3 Å². The summed E-state index contributed by atoms with van der Waals surface area (Å²) in [5.74, 6) is -0.269. The molecule has 13 aromatic rings. The van der Waals surface area contributed by atoms with E-state index in [-0.39, 0.29) is 5.82 Å². The van der Waals surface area contributed by atoms with Crippen molar-refractivity contribution in [1.29, 1.82) is 0 Å². The first kappa shape index (κ1) is 43.0. The third-order valence-corrected chi connectivity index (χ3v) is 13.8. The molecule has 0 saturated heterocycles. The first-order chi connectivity index (χ1) is 35.0. The second-order valence-electron chi connectivity index (χ2n) is 18.0. The molecule has 4 nitrogen and oxygen atoms in total. The fraction of sp³-hybridized carbons (Fsp3) is 0.0323. The predicted octanol–water partition coefficient (Wildman–Crippen LogP) is 17.7. The van der Waals surface area contributed by atoms with Crippen molar-refractivity contribution >= 4 is 65.3 Å². The van der Waals surface area contributed by atoms with Crippen molar-refractivity contribution in [2.75, 3.05) is 0 Å². The lowest BCUT2D eigenvalue weighted by atomic mass is 9.98. The molecule has 0 aliphatic carbocycles. The normalized spacial score (nSPS) is 12.3. The molecule has 0 spiro atoms. The average molecular weight is 951 g/mol. The van der Waals surface area contributed by atoms with Crippen molar-refractivity contribution in [2.24, 2.45) is 0 Å². The number of alkyl halides is 6. The Morgan fingerprint density at radius 1 is 0.333 bits per heavy atom. The van der Waals surface area contributed by atoms with Crippen molar-refractivity contribution < 1.29 is 26.3 Å².